The van der Waals surface area contributed by atoms with Gasteiger partial charge in [-0.25, -0.2) is 8.42 Å². The van der Waals surface area contributed by atoms with Gasteiger partial charge in [-0.15, -0.1) is 0 Å². The second-order valence-electron chi connectivity index (χ2n) is 8.70. The van der Waals surface area contributed by atoms with E-state index in [4.69, 9.17) is 10.00 Å². The SMILES string of the molecule is COc1ccc(S(=O)(=O)N2CCCC(C(=O)N3CCCN(c4ccc(C#N)cc4)CC3)C2)cc1. The number of anilines is 1. The Kier molecular flexibility index (Phi) is 7.39. The van der Waals surface area contributed by atoms with Crippen LogP contribution in [-0.2, 0) is 14.8 Å². The van der Waals surface area contributed by atoms with Gasteiger partial charge >= 0.3 is 0 Å². The van der Waals surface area contributed by atoms with Gasteiger partial charge in [0.1, 0.15) is 5.75 Å². The molecule has 2 fully saturated rings. The molecule has 9 heteroatoms. The maximum absolute atomic E-state index is 13.4. The van der Waals surface area contributed by atoms with Crippen LogP contribution in [0.25, 0.3) is 0 Å². The Morgan fingerprint density at radius 3 is 2.38 bits per heavy atom. The van der Waals surface area contributed by atoms with Crippen LogP contribution >= 0.6 is 0 Å². The number of piperidine rings is 1. The lowest BCUT2D eigenvalue weighted by molar-refractivity contribution is -0.136. The normalized spacial score (nSPS) is 19.8. The van der Waals surface area contributed by atoms with Crippen LogP contribution in [0, 0.1) is 17.2 Å². The number of rotatable bonds is 5. The zero-order valence-corrected chi connectivity index (χ0v) is 20.2. The fraction of sp³-hybridized carbons (Fsp3) is 0.440. The summed E-state index contributed by atoms with van der Waals surface area (Å²) in [6.07, 6.45) is 2.20. The van der Waals surface area contributed by atoms with Gasteiger partial charge in [-0.05, 0) is 67.8 Å². The topological polar surface area (TPSA) is 93.9 Å². The van der Waals surface area contributed by atoms with Crippen molar-refractivity contribution >= 4 is 21.6 Å². The van der Waals surface area contributed by atoms with Crippen LogP contribution in [0.5, 0.6) is 5.75 Å². The molecule has 1 amide bonds. The lowest BCUT2D eigenvalue weighted by Crippen LogP contribution is -2.47. The summed E-state index contributed by atoms with van der Waals surface area (Å²) in [5.41, 5.74) is 1.67. The molecule has 4 rings (SSSR count). The zero-order chi connectivity index (χ0) is 24.1. The van der Waals surface area contributed by atoms with Crippen molar-refractivity contribution in [1.82, 2.24) is 9.21 Å². The summed E-state index contributed by atoms with van der Waals surface area (Å²) >= 11 is 0. The molecule has 34 heavy (non-hydrogen) atoms. The molecular weight excluding hydrogens is 452 g/mol. The largest absolute Gasteiger partial charge is 0.497 e. The first-order valence-electron chi connectivity index (χ1n) is 11.6. The Morgan fingerprint density at radius 2 is 1.71 bits per heavy atom. The van der Waals surface area contributed by atoms with Gasteiger partial charge in [-0.2, -0.15) is 9.57 Å². The predicted octanol–water partition coefficient (Wildman–Crippen LogP) is 2.71. The molecule has 2 heterocycles. The van der Waals surface area contributed by atoms with Gasteiger partial charge in [0.25, 0.3) is 0 Å². The smallest absolute Gasteiger partial charge is 0.243 e. The van der Waals surface area contributed by atoms with E-state index in [1.165, 1.54) is 11.4 Å². The number of carbonyl (C=O) groups excluding carboxylic acids is 1. The van der Waals surface area contributed by atoms with E-state index in [1.807, 2.05) is 29.2 Å². The second-order valence-corrected chi connectivity index (χ2v) is 10.6. The van der Waals surface area contributed by atoms with Crippen molar-refractivity contribution in [1.29, 1.82) is 5.26 Å². The Labute approximate surface area is 201 Å². The van der Waals surface area contributed by atoms with E-state index in [0.29, 0.717) is 50.3 Å². The van der Waals surface area contributed by atoms with Crippen molar-refractivity contribution in [3.63, 3.8) is 0 Å². The van der Waals surface area contributed by atoms with E-state index in [-0.39, 0.29) is 23.3 Å². The average molecular weight is 483 g/mol. The Bertz CT molecular complexity index is 1140. The van der Waals surface area contributed by atoms with Gasteiger partial charge in [0.15, 0.2) is 0 Å². The number of hydrogen-bond acceptors (Lipinski definition) is 6. The highest BCUT2D eigenvalue weighted by Crippen LogP contribution is 2.27. The second kappa shape index (κ2) is 10.5. The molecule has 2 saturated heterocycles. The fourth-order valence-corrected chi connectivity index (χ4v) is 6.18. The number of carbonyl (C=O) groups is 1. The van der Waals surface area contributed by atoms with Crippen LogP contribution < -0.4 is 9.64 Å². The first kappa shape index (κ1) is 24.0. The third-order valence-corrected chi connectivity index (χ3v) is 8.48. The molecular formula is C25H30N4O4S. The highest BCUT2D eigenvalue weighted by molar-refractivity contribution is 7.89. The number of nitrogens with zero attached hydrogens (tertiary/aromatic N) is 4. The minimum Gasteiger partial charge on any atom is -0.497 e. The summed E-state index contributed by atoms with van der Waals surface area (Å²) < 4.78 is 32.9. The Hall–Kier alpha value is -3.09. The number of nitriles is 1. The fourth-order valence-electron chi connectivity index (χ4n) is 4.66. The van der Waals surface area contributed by atoms with Crippen LogP contribution in [0.15, 0.2) is 53.4 Å². The number of amides is 1. The van der Waals surface area contributed by atoms with E-state index in [2.05, 4.69) is 11.0 Å². The molecule has 1 unspecified atom stereocenters. The third-order valence-electron chi connectivity index (χ3n) is 6.60. The minimum atomic E-state index is -3.67. The molecule has 180 valence electrons. The van der Waals surface area contributed by atoms with Crippen LogP contribution in [0.2, 0.25) is 0 Å². The van der Waals surface area contributed by atoms with Crippen LogP contribution in [0.1, 0.15) is 24.8 Å². The van der Waals surface area contributed by atoms with Gasteiger partial charge in [0.2, 0.25) is 15.9 Å². The molecule has 2 aromatic carbocycles. The molecule has 2 aliphatic rings. The molecule has 0 aliphatic carbocycles. The van der Waals surface area contributed by atoms with Crippen LogP contribution in [0.4, 0.5) is 5.69 Å². The zero-order valence-electron chi connectivity index (χ0n) is 19.4. The summed E-state index contributed by atoms with van der Waals surface area (Å²) in [4.78, 5) is 17.7. The Morgan fingerprint density at radius 1 is 0.971 bits per heavy atom. The van der Waals surface area contributed by atoms with Crippen molar-refractivity contribution in [2.45, 2.75) is 24.2 Å². The molecule has 0 saturated carbocycles. The van der Waals surface area contributed by atoms with E-state index < -0.39 is 10.0 Å². The van der Waals surface area contributed by atoms with Crippen molar-refractivity contribution in [2.75, 3.05) is 51.3 Å². The van der Waals surface area contributed by atoms with E-state index >= 15 is 0 Å². The number of sulfonamides is 1. The van der Waals surface area contributed by atoms with E-state index in [9.17, 15) is 13.2 Å². The summed E-state index contributed by atoms with van der Waals surface area (Å²) in [7, 11) is -2.13. The molecule has 2 aromatic rings. The average Bonchev–Trinajstić information content (AvgIpc) is 3.15. The molecule has 2 aliphatic heterocycles. The maximum Gasteiger partial charge on any atom is 0.243 e. The molecule has 0 spiro atoms. The molecule has 0 bridgehead atoms. The molecule has 0 aromatic heterocycles. The van der Waals surface area contributed by atoms with Gasteiger partial charge in [-0.3, -0.25) is 4.79 Å². The molecule has 8 nitrogen and oxygen atoms in total. The minimum absolute atomic E-state index is 0.0382. The van der Waals surface area contributed by atoms with Gasteiger partial charge in [0, 0.05) is 45.0 Å². The summed E-state index contributed by atoms with van der Waals surface area (Å²) in [5, 5.41) is 9.00. The van der Waals surface area contributed by atoms with Gasteiger partial charge in [0.05, 0.1) is 29.6 Å². The highest BCUT2D eigenvalue weighted by Gasteiger charge is 2.35. The lowest BCUT2D eigenvalue weighted by Gasteiger charge is -2.34. The monoisotopic (exact) mass is 482 g/mol. The first-order valence-corrected chi connectivity index (χ1v) is 13.0. The van der Waals surface area contributed by atoms with Gasteiger partial charge in [-0.1, -0.05) is 0 Å². The first-order chi connectivity index (χ1) is 16.4. The number of hydrogen-bond donors (Lipinski definition) is 0. The van der Waals surface area contributed by atoms with Crippen molar-refractivity contribution < 1.29 is 17.9 Å². The Balaban J connectivity index is 1.40. The molecule has 0 N–H and O–H groups in total. The van der Waals surface area contributed by atoms with E-state index in [0.717, 1.165) is 18.7 Å². The third kappa shape index (κ3) is 5.18. The molecule has 0 radical (unpaired) electrons. The molecule has 1 atom stereocenters. The standard InChI is InChI=1S/C25H30N4O4S/c1-33-23-9-11-24(12-10-23)34(31,32)29-15-2-4-21(19-29)25(30)28-14-3-13-27(16-17-28)22-7-5-20(18-26)6-8-22/h5-12,21H,2-4,13-17,19H2,1H3. The van der Waals surface area contributed by atoms with Crippen molar-refractivity contribution in [2.24, 2.45) is 5.92 Å². The summed E-state index contributed by atoms with van der Waals surface area (Å²) in [5.74, 6) is 0.307. The highest BCUT2D eigenvalue weighted by atomic mass is 32.2. The summed E-state index contributed by atoms with van der Waals surface area (Å²) in [6, 6.07) is 16.0. The lowest BCUT2D eigenvalue weighted by atomic mass is 9.98. The number of ether oxygens (including phenoxy) is 1. The number of benzene rings is 2. The quantitative estimate of drug-likeness (QED) is 0.651. The van der Waals surface area contributed by atoms with Crippen molar-refractivity contribution in [3.05, 3.63) is 54.1 Å². The van der Waals surface area contributed by atoms with Crippen LogP contribution in [0.3, 0.4) is 0 Å². The number of methoxy groups -OCH3 is 1. The van der Waals surface area contributed by atoms with E-state index in [1.54, 1.807) is 24.3 Å². The maximum atomic E-state index is 13.4. The van der Waals surface area contributed by atoms with Crippen LogP contribution in [-0.4, -0.2) is 69.9 Å². The van der Waals surface area contributed by atoms with Gasteiger partial charge < -0.3 is 14.5 Å². The summed E-state index contributed by atoms with van der Waals surface area (Å²) in [6.45, 7) is 3.43. The predicted molar refractivity (Wildman–Crippen MR) is 129 cm³/mol. The van der Waals surface area contributed by atoms with Crippen molar-refractivity contribution in [3.8, 4) is 11.8 Å².